The van der Waals surface area contributed by atoms with Gasteiger partial charge in [0.1, 0.15) is 5.75 Å². The van der Waals surface area contributed by atoms with Gasteiger partial charge in [-0.2, -0.15) is 0 Å². The van der Waals surface area contributed by atoms with Gasteiger partial charge in [-0.15, -0.1) is 0 Å². The summed E-state index contributed by atoms with van der Waals surface area (Å²) in [5.74, 6) is -1.17. The van der Waals surface area contributed by atoms with Gasteiger partial charge < -0.3 is 10.4 Å². The van der Waals surface area contributed by atoms with Crippen LogP contribution < -0.4 is 5.32 Å². The first kappa shape index (κ1) is 17.9. The smallest absolute Gasteiger partial charge is 0.198 e. The molecule has 0 amide bonds. The number of hydrogen-bond donors (Lipinski definition) is 3. The van der Waals surface area contributed by atoms with Crippen LogP contribution in [0, 0.1) is 6.92 Å². The molecular formula is C21H15NO5S. The number of aromatic hydroxyl groups is 1. The summed E-state index contributed by atoms with van der Waals surface area (Å²) in [7, 11) is -2.87. The molecule has 0 atom stereocenters. The summed E-state index contributed by atoms with van der Waals surface area (Å²) >= 11 is 0. The van der Waals surface area contributed by atoms with E-state index in [0.717, 1.165) is 5.56 Å². The van der Waals surface area contributed by atoms with Crippen LogP contribution in [-0.2, 0) is 10.7 Å². The van der Waals surface area contributed by atoms with Crippen molar-refractivity contribution in [3.8, 4) is 5.75 Å². The fourth-order valence-corrected chi connectivity index (χ4v) is 3.99. The Hall–Kier alpha value is -3.45. The molecule has 0 fully saturated rings. The van der Waals surface area contributed by atoms with E-state index in [1.165, 1.54) is 24.3 Å². The molecule has 3 aromatic carbocycles. The average molecular weight is 393 g/mol. The van der Waals surface area contributed by atoms with E-state index in [4.69, 9.17) is 0 Å². The molecule has 0 heterocycles. The Morgan fingerprint density at radius 1 is 0.821 bits per heavy atom. The van der Waals surface area contributed by atoms with Gasteiger partial charge >= 0.3 is 0 Å². The highest BCUT2D eigenvalue weighted by Crippen LogP contribution is 2.38. The van der Waals surface area contributed by atoms with Gasteiger partial charge in [0.25, 0.3) is 0 Å². The van der Waals surface area contributed by atoms with Crippen LogP contribution in [0.3, 0.4) is 0 Å². The zero-order valence-electron chi connectivity index (χ0n) is 14.7. The number of thiol groups is 1. The van der Waals surface area contributed by atoms with Crippen LogP contribution in [0.15, 0.2) is 59.5 Å². The maximum Gasteiger partial charge on any atom is 0.198 e. The number of carbonyl (C=O) groups excluding carboxylic acids is 2. The van der Waals surface area contributed by atoms with Gasteiger partial charge in [-0.3, -0.25) is 9.59 Å². The van der Waals surface area contributed by atoms with E-state index in [1.807, 2.05) is 0 Å². The fourth-order valence-electron chi connectivity index (χ4n) is 3.35. The Morgan fingerprint density at radius 2 is 1.43 bits per heavy atom. The molecule has 0 unspecified atom stereocenters. The molecule has 1 aliphatic carbocycles. The lowest BCUT2D eigenvalue weighted by atomic mass is 9.82. The molecule has 0 saturated heterocycles. The normalized spacial score (nSPS) is 12.6. The number of anilines is 2. The third-order valence-electron chi connectivity index (χ3n) is 4.67. The third-order valence-corrected chi connectivity index (χ3v) is 5.44. The van der Waals surface area contributed by atoms with Crippen LogP contribution in [0.2, 0.25) is 0 Å². The molecular weight excluding hydrogens is 378 g/mol. The second-order valence-electron chi connectivity index (χ2n) is 6.49. The molecule has 0 saturated carbocycles. The molecule has 7 heteroatoms. The highest BCUT2D eigenvalue weighted by atomic mass is 32.2. The Morgan fingerprint density at radius 3 is 2.07 bits per heavy atom. The van der Waals surface area contributed by atoms with Crippen molar-refractivity contribution in [1.29, 1.82) is 0 Å². The molecule has 0 radical (unpaired) electrons. The van der Waals surface area contributed by atoms with Gasteiger partial charge in [0.15, 0.2) is 22.3 Å². The molecule has 0 spiro atoms. The van der Waals surface area contributed by atoms with Crippen LogP contribution in [0.4, 0.5) is 11.4 Å². The van der Waals surface area contributed by atoms with Crippen molar-refractivity contribution in [2.75, 3.05) is 5.32 Å². The van der Waals surface area contributed by atoms with E-state index in [-0.39, 0.29) is 44.3 Å². The van der Waals surface area contributed by atoms with E-state index in [9.17, 15) is 23.1 Å². The van der Waals surface area contributed by atoms with E-state index < -0.39 is 22.3 Å². The number of carbonyl (C=O) groups is 2. The quantitative estimate of drug-likeness (QED) is 0.365. The molecule has 6 nitrogen and oxygen atoms in total. The zero-order chi connectivity index (χ0) is 20.0. The number of nitrogens with one attached hydrogen (secondary N) is 1. The largest absolute Gasteiger partial charge is 0.507 e. The lowest BCUT2D eigenvalue weighted by molar-refractivity contribution is 0.0977. The highest BCUT2D eigenvalue weighted by molar-refractivity contribution is 7.72. The lowest BCUT2D eigenvalue weighted by Crippen LogP contribution is -2.22. The van der Waals surface area contributed by atoms with Crippen molar-refractivity contribution in [3.63, 3.8) is 0 Å². The van der Waals surface area contributed by atoms with Crippen molar-refractivity contribution in [2.24, 2.45) is 0 Å². The van der Waals surface area contributed by atoms with Crippen LogP contribution in [0.25, 0.3) is 0 Å². The number of hydrogen-bond acceptors (Lipinski definition) is 6. The number of fused-ring (bicyclic) bond motifs is 2. The van der Waals surface area contributed by atoms with Gasteiger partial charge in [0, 0.05) is 11.1 Å². The average Bonchev–Trinajstić information content (AvgIpc) is 2.68. The SMILES string of the molecule is Cc1ccc(Nc2ccc(O)c3c2C(=O)c2ccccc2C3=O)c([SH](=O)=O)c1. The van der Waals surface area contributed by atoms with Gasteiger partial charge in [-0.25, -0.2) is 8.42 Å². The van der Waals surface area contributed by atoms with Crippen molar-refractivity contribution in [1.82, 2.24) is 0 Å². The third kappa shape index (κ3) is 2.76. The number of ketones is 2. The maximum absolute atomic E-state index is 13.1. The van der Waals surface area contributed by atoms with Gasteiger partial charge in [-0.1, -0.05) is 30.3 Å². The predicted octanol–water partition coefficient (Wildman–Crippen LogP) is 3.19. The Bertz CT molecular complexity index is 1240. The van der Waals surface area contributed by atoms with Crippen LogP contribution in [-0.4, -0.2) is 25.1 Å². The Balaban J connectivity index is 1.91. The monoisotopic (exact) mass is 393 g/mol. The number of rotatable bonds is 3. The first-order valence-electron chi connectivity index (χ1n) is 8.45. The van der Waals surface area contributed by atoms with Crippen molar-refractivity contribution < 1.29 is 23.1 Å². The van der Waals surface area contributed by atoms with Crippen molar-refractivity contribution in [3.05, 3.63) is 82.4 Å². The molecule has 0 bridgehead atoms. The molecule has 28 heavy (non-hydrogen) atoms. The highest BCUT2D eigenvalue weighted by Gasteiger charge is 2.34. The van der Waals surface area contributed by atoms with E-state index >= 15 is 0 Å². The summed E-state index contributed by atoms with van der Waals surface area (Å²) in [6.07, 6.45) is 0. The molecule has 3 aromatic rings. The van der Waals surface area contributed by atoms with Gasteiger partial charge in [-0.05, 0) is 36.8 Å². The molecule has 140 valence electrons. The summed E-state index contributed by atoms with van der Waals surface area (Å²) < 4.78 is 23.2. The Kier molecular flexibility index (Phi) is 4.24. The van der Waals surface area contributed by atoms with Crippen LogP contribution in [0.5, 0.6) is 5.75 Å². The number of phenols is 1. The van der Waals surface area contributed by atoms with Crippen molar-refractivity contribution >= 4 is 33.6 Å². The first-order chi connectivity index (χ1) is 13.4. The molecule has 0 aromatic heterocycles. The summed E-state index contributed by atoms with van der Waals surface area (Å²) in [6, 6.07) is 14.0. The van der Waals surface area contributed by atoms with Crippen LogP contribution >= 0.6 is 0 Å². The summed E-state index contributed by atoms with van der Waals surface area (Å²) in [5, 5.41) is 13.2. The standard InChI is InChI=1S/C21H15NO5S/c1-11-6-7-14(17(10-11)28(26)27)22-15-8-9-16(23)19-18(15)20(24)12-4-2-3-5-13(12)21(19)25/h2-10,22-23,28H,1H3. The molecule has 4 rings (SSSR count). The van der Waals surface area contributed by atoms with E-state index in [2.05, 4.69) is 5.32 Å². The zero-order valence-corrected chi connectivity index (χ0v) is 15.6. The minimum Gasteiger partial charge on any atom is -0.507 e. The summed E-state index contributed by atoms with van der Waals surface area (Å²) in [6.45, 7) is 1.77. The second-order valence-corrected chi connectivity index (χ2v) is 7.48. The van der Waals surface area contributed by atoms with E-state index in [0.29, 0.717) is 0 Å². The number of aryl methyl sites for hydroxylation is 1. The van der Waals surface area contributed by atoms with Gasteiger partial charge in [0.05, 0.1) is 27.4 Å². The molecule has 0 aliphatic heterocycles. The predicted molar refractivity (Wildman–Crippen MR) is 104 cm³/mol. The van der Waals surface area contributed by atoms with Gasteiger partial charge in [0.2, 0.25) is 0 Å². The van der Waals surface area contributed by atoms with Crippen molar-refractivity contribution in [2.45, 2.75) is 11.8 Å². The minimum atomic E-state index is -2.87. The number of benzene rings is 3. The fraction of sp³-hybridized carbons (Fsp3) is 0.0476. The van der Waals surface area contributed by atoms with E-state index in [1.54, 1.807) is 37.3 Å². The molecule has 1 aliphatic rings. The first-order valence-corrected chi connectivity index (χ1v) is 9.62. The number of phenolic OH excluding ortho intramolecular Hbond substituents is 1. The lowest BCUT2D eigenvalue weighted by Gasteiger charge is -2.22. The topological polar surface area (TPSA) is 101 Å². The second kappa shape index (κ2) is 6.61. The maximum atomic E-state index is 13.1. The van der Waals surface area contributed by atoms with Crippen LogP contribution in [0.1, 0.15) is 37.4 Å². The minimum absolute atomic E-state index is 0.0244. The summed E-state index contributed by atoms with van der Waals surface area (Å²) in [4.78, 5) is 26.0. The summed E-state index contributed by atoms with van der Waals surface area (Å²) in [5.41, 5.74) is 1.72. The molecule has 2 N–H and O–H groups in total. The Labute approximate surface area is 162 Å².